The van der Waals surface area contributed by atoms with Gasteiger partial charge in [-0.15, -0.1) is 0 Å². The molecular weight excluding hydrogens is 285 g/mol. The molecule has 0 saturated carbocycles. The van der Waals surface area contributed by atoms with Crippen LogP contribution in [0.4, 0.5) is 13.2 Å². The van der Waals surface area contributed by atoms with Gasteiger partial charge in [-0.05, 0) is 52.6 Å². The van der Waals surface area contributed by atoms with E-state index < -0.39 is 11.6 Å². The Labute approximate surface area is 127 Å². The summed E-state index contributed by atoms with van der Waals surface area (Å²) in [4.78, 5) is 0. The van der Waals surface area contributed by atoms with Crippen LogP contribution in [0.1, 0.15) is 18.9 Å². The Morgan fingerprint density at radius 1 is 0.727 bits per heavy atom. The average Bonchev–Trinajstić information content (AvgIpc) is 2.49. The Morgan fingerprint density at radius 2 is 1.45 bits per heavy atom. The van der Waals surface area contributed by atoms with Crippen molar-refractivity contribution in [3.05, 3.63) is 71.5 Å². The average molecular weight is 300 g/mol. The maximum Gasteiger partial charge on any atom is 0.159 e. The second kappa shape index (κ2) is 5.84. The number of benzene rings is 3. The summed E-state index contributed by atoms with van der Waals surface area (Å²) in [5.74, 6) is -2.08. The molecule has 0 amide bonds. The summed E-state index contributed by atoms with van der Waals surface area (Å²) in [6.07, 6.45) is 1.79. The van der Waals surface area contributed by atoms with E-state index in [1.807, 2.05) is 13.0 Å². The van der Waals surface area contributed by atoms with Gasteiger partial charge in [0.15, 0.2) is 11.6 Å². The summed E-state index contributed by atoms with van der Waals surface area (Å²) >= 11 is 0. The zero-order valence-electron chi connectivity index (χ0n) is 12.2. The van der Waals surface area contributed by atoms with Crippen molar-refractivity contribution in [2.24, 2.45) is 0 Å². The normalized spacial score (nSPS) is 11.1. The van der Waals surface area contributed by atoms with E-state index in [9.17, 15) is 13.2 Å². The molecule has 0 spiro atoms. The number of halogens is 3. The van der Waals surface area contributed by atoms with Gasteiger partial charge in [0.05, 0.1) is 0 Å². The van der Waals surface area contributed by atoms with E-state index in [1.54, 1.807) is 24.3 Å². The van der Waals surface area contributed by atoms with Gasteiger partial charge >= 0.3 is 0 Å². The molecule has 0 heterocycles. The number of rotatable bonds is 3. The number of hydrogen-bond acceptors (Lipinski definition) is 0. The molecule has 0 aliphatic rings. The van der Waals surface area contributed by atoms with Crippen molar-refractivity contribution in [2.75, 3.05) is 0 Å². The molecule has 0 unspecified atom stereocenters. The first kappa shape index (κ1) is 14.6. The van der Waals surface area contributed by atoms with Crippen LogP contribution in [0, 0.1) is 17.5 Å². The predicted octanol–water partition coefficient (Wildman–Crippen LogP) is 5.88. The molecule has 3 rings (SSSR count). The van der Waals surface area contributed by atoms with E-state index in [-0.39, 0.29) is 5.82 Å². The van der Waals surface area contributed by atoms with E-state index in [0.29, 0.717) is 21.9 Å². The first-order chi connectivity index (χ1) is 10.6. The lowest BCUT2D eigenvalue weighted by molar-refractivity contribution is 0.511. The fourth-order valence-electron chi connectivity index (χ4n) is 2.65. The zero-order valence-corrected chi connectivity index (χ0v) is 12.2. The fourth-order valence-corrected chi connectivity index (χ4v) is 2.65. The Balaban J connectivity index is 2.08. The molecule has 0 aliphatic heterocycles. The first-order valence-corrected chi connectivity index (χ1v) is 7.26. The highest BCUT2D eigenvalue weighted by atomic mass is 19.2. The van der Waals surface area contributed by atoms with E-state index in [2.05, 4.69) is 0 Å². The van der Waals surface area contributed by atoms with Gasteiger partial charge in [0.1, 0.15) is 5.82 Å². The van der Waals surface area contributed by atoms with Crippen LogP contribution in [0.15, 0.2) is 48.5 Å². The topological polar surface area (TPSA) is 0 Å². The van der Waals surface area contributed by atoms with Crippen LogP contribution < -0.4 is 0 Å². The highest BCUT2D eigenvalue weighted by Crippen LogP contribution is 2.28. The van der Waals surface area contributed by atoms with Crippen LogP contribution >= 0.6 is 0 Å². The van der Waals surface area contributed by atoms with Gasteiger partial charge in [0, 0.05) is 5.56 Å². The van der Waals surface area contributed by atoms with E-state index >= 15 is 0 Å². The van der Waals surface area contributed by atoms with Crippen molar-refractivity contribution in [3.63, 3.8) is 0 Å². The summed E-state index contributed by atoms with van der Waals surface area (Å²) in [5, 5.41) is 1.14. The van der Waals surface area contributed by atoms with E-state index in [4.69, 9.17) is 0 Å². The van der Waals surface area contributed by atoms with Gasteiger partial charge in [-0.2, -0.15) is 0 Å². The van der Waals surface area contributed by atoms with Gasteiger partial charge in [-0.1, -0.05) is 37.6 Å². The van der Waals surface area contributed by atoms with Crippen molar-refractivity contribution in [3.8, 4) is 11.1 Å². The highest BCUT2D eigenvalue weighted by Gasteiger charge is 2.09. The minimum absolute atomic E-state index is 0.298. The SMILES string of the molecule is CCCc1ccc(-c2ccc3cc(F)c(F)cc3c2)c(F)c1. The molecule has 0 nitrogen and oxygen atoms in total. The summed E-state index contributed by atoms with van der Waals surface area (Å²) in [6.45, 7) is 2.04. The van der Waals surface area contributed by atoms with Crippen molar-refractivity contribution in [2.45, 2.75) is 19.8 Å². The van der Waals surface area contributed by atoms with Gasteiger partial charge in [0.25, 0.3) is 0 Å². The molecule has 0 saturated heterocycles. The third-order valence-electron chi connectivity index (χ3n) is 3.76. The third-order valence-corrected chi connectivity index (χ3v) is 3.76. The number of aryl methyl sites for hydroxylation is 1. The first-order valence-electron chi connectivity index (χ1n) is 7.26. The lowest BCUT2D eigenvalue weighted by Gasteiger charge is -2.08. The van der Waals surface area contributed by atoms with Gasteiger partial charge in [-0.3, -0.25) is 0 Å². The largest absolute Gasteiger partial charge is 0.206 e. The van der Waals surface area contributed by atoms with Crippen molar-refractivity contribution in [1.29, 1.82) is 0 Å². The van der Waals surface area contributed by atoms with E-state index in [0.717, 1.165) is 30.5 Å². The minimum atomic E-state index is -0.900. The van der Waals surface area contributed by atoms with Crippen LogP contribution in [0.25, 0.3) is 21.9 Å². The Kier molecular flexibility index (Phi) is 3.88. The lowest BCUT2D eigenvalue weighted by atomic mass is 9.98. The smallest absolute Gasteiger partial charge is 0.159 e. The highest BCUT2D eigenvalue weighted by molar-refractivity contribution is 5.87. The molecule has 3 aromatic rings. The molecule has 3 heteroatoms. The quantitative estimate of drug-likeness (QED) is 0.567. The second-order valence-electron chi connectivity index (χ2n) is 5.39. The summed E-state index contributed by atoms with van der Waals surface area (Å²) in [5.41, 5.74) is 2.07. The van der Waals surface area contributed by atoms with Crippen LogP contribution in [0.2, 0.25) is 0 Å². The number of hydrogen-bond donors (Lipinski definition) is 0. The van der Waals surface area contributed by atoms with Crippen molar-refractivity contribution in [1.82, 2.24) is 0 Å². The molecule has 0 atom stereocenters. The Hall–Kier alpha value is -2.29. The molecule has 0 radical (unpaired) electrons. The monoisotopic (exact) mass is 300 g/mol. The molecular formula is C19H15F3. The minimum Gasteiger partial charge on any atom is -0.206 e. The summed E-state index contributed by atoms with van der Waals surface area (Å²) in [6, 6.07) is 12.5. The molecule has 0 fully saturated rings. The van der Waals surface area contributed by atoms with Gasteiger partial charge < -0.3 is 0 Å². The van der Waals surface area contributed by atoms with Crippen LogP contribution in [0.3, 0.4) is 0 Å². The van der Waals surface area contributed by atoms with Gasteiger partial charge in [-0.25, -0.2) is 13.2 Å². The summed E-state index contributed by atoms with van der Waals surface area (Å²) < 4.78 is 40.8. The number of fused-ring (bicyclic) bond motifs is 1. The second-order valence-corrected chi connectivity index (χ2v) is 5.39. The standard InChI is InChI=1S/C19H15F3/c1-2-3-12-4-7-16(17(20)8-12)14-6-5-13-10-18(21)19(22)11-15(13)9-14/h4-11H,2-3H2,1H3. The lowest BCUT2D eigenvalue weighted by Crippen LogP contribution is -1.90. The fraction of sp³-hybridized carbons (Fsp3) is 0.158. The summed E-state index contributed by atoms with van der Waals surface area (Å²) in [7, 11) is 0. The van der Waals surface area contributed by atoms with Crippen LogP contribution in [0.5, 0.6) is 0 Å². The molecule has 0 aliphatic carbocycles. The Morgan fingerprint density at radius 3 is 2.14 bits per heavy atom. The molecule has 22 heavy (non-hydrogen) atoms. The molecule has 112 valence electrons. The zero-order chi connectivity index (χ0) is 15.7. The van der Waals surface area contributed by atoms with Crippen LogP contribution in [-0.2, 0) is 6.42 Å². The van der Waals surface area contributed by atoms with Crippen LogP contribution in [-0.4, -0.2) is 0 Å². The molecule has 3 aromatic carbocycles. The maximum atomic E-state index is 14.3. The third kappa shape index (κ3) is 2.71. The molecule has 0 N–H and O–H groups in total. The molecule has 0 bridgehead atoms. The molecule has 0 aromatic heterocycles. The van der Waals surface area contributed by atoms with Crippen molar-refractivity contribution < 1.29 is 13.2 Å². The van der Waals surface area contributed by atoms with E-state index in [1.165, 1.54) is 6.07 Å². The van der Waals surface area contributed by atoms with Gasteiger partial charge in [0.2, 0.25) is 0 Å². The Bertz CT molecular complexity index is 837. The van der Waals surface area contributed by atoms with Crippen molar-refractivity contribution >= 4 is 10.8 Å². The predicted molar refractivity (Wildman–Crippen MR) is 83.3 cm³/mol. The maximum absolute atomic E-state index is 14.3.